The number of H-pyrrole nitrogens is 1. The van der Waals surface area contributed by atoms with Crippen LogP contribution in [0, 0.1) is 5.92 Å². The number of aliphatic hydroxyl groups excluding tert-OH is 3. The van der Waals surface area contributed by atoms with E-state index in [-0.39, 0.29) is 19.3 Å². The number of likely N-dealkylation sites (N-methyl/N-ethyl adjacent to an activating group) is 2. The van der Waals surface area contributed by atoms with Crippen molar-refractivity contribution < 1.29 is 90.3 Å². The molecule has 27 heteroatoms. The van der Waals surface area contributed by atoms with Crippen molar-refractivity contribution in [1.82, 2.24) is 19.4 Å². The van der Waals surface area contributed by atoms with Crippen LogP contribution >= 0.6 is 0 Å². The van der Waals surface area contributed by atoms with E-state index < -0.39 is 156 Å². The summed E-state index contributed by atoms with van der Waals surface area (Å²) in [6, 6.07) is -2.90. The lowest BCUT2D eigenvalue weighted by Gasteiger charge is -2.38. The second-order valence-corrected chi connectivity index (χ2v) is 18.9. The van der Waals surface area contributed by atoms with Crippen molar-refractivity contribution in [2.24, 2.45) is 11.7 Å². The minimum absolute atomic E-state index is 0.165. The van der Waals surface area contributed by atoms with Gasteiger partial charge in [-0.25, -0.2) is 13.8 Å². The fourth-order valence-electron chi connectivity index (χ4n) is 8.61. The van der Waals surface area contributed by atoms with Gasteiger partial charge < -0.3 is 59.9 Å². The van der Waals surface area contributed by atoms with Crippen molar-refractivity contribution in [1.29, 1.82) is 0 Å². The number of aliphatic carboxylic acids is 2. The highest BCUT2D eigenvalue weighted by Gasteiger charge is 2.58. The number of amides is 1. The summed E-state index contributed by atoms with van der Waals surface area (Å²) in [4.78, 5) is 94.2. The highest BCUT2D eigenvalue weighted by atomic mass is 32.3. The highest BCUT2D eigenvalue weighted by molar-refractivity contribution is 7.80. The van der Waals surface area contributed by atoms with E-state index in [2.05, 4.69) is 23.3 Å². The molecule has 3 fully saturated rings. The topological polar surface area (TPSA) is 384 Å². The summed E-state index contributed by atoms with van der Waals surface area (Å²) in [5.74, 6) is -6.35. The molecular formula is C44H67N5O21S. The molecule has 1 aromatic heterocycles. The number of nitrogens with two attached hydrogens (primary N) is 1. The van der Waals surface area contributed by atoms with E-state index in [0.717, 1.165) is 49.9 Å². The third-order valence-electron chi connectivity index (χ3n) is 12.1. The van der Waals surface area contributed by atoms with Crippen molar-refractivity contribution in [2.45, 2.75) is 164 Å². The van der Waals surface area contributed by atoms with Crippen molar-refractivity contribution >= 4 is 40.2 Å². The first-order chi connectivity index (χ1) is 33.5. The number of hydrogen-bond donors (Lipinski definition) is 8. The summed E-state index contributed by atoms with van der Waals surface area (Å²) in [6.45, 7) is 2.56. The van der Waals surface area contributed by atoms with Crippen LogP contribution in [0.15, 0.2) is 46.2 Å². The Bertz CT molecular complexity index is 2260. The summed E-state index contributed by atoms with van der Waals surface area (Å²) in [6.07, 6.45) is -6.31. The van der Waals surface area contributed by atoms with Gasteiger partial charge in [0.05, 0.1) is 6.42 Å². The predicted molar refractivity (Wildman–Crippen MR) is 244 cm³/mol. The molecule has 400 valence electrons. The maximum absolute atomic E-state index is 14.7. The van der Waals surface area contributed by atoms with Crippen LogP contribution in [0.25, 0.3) is 0 Å². The molecule has 9 N–H and O–H groups in total. The number of nitrogens with zero attached hydrogens (tertiary/aromatic N) is 3. The maximum Gasteiger partial charge on any atom is 0.397 e. The second kappa shape index (κ2) is 27.2. The molecule has 4 heterocycles. The molecule has 26 nitrogen and oxygen atoms in total. The smallest absolute Gasteiger partial charge is 0.397 e. The molecule has 3 aliphatic heterocycles. The average Bonchev–Trinajstić information content (AvgIpc) is 3.69. The second-order valence-electron chi connectivity index (χ2n) is 17.8. The van der Waals surface area contributed by atoms with E-state index in [9.17, 15) is 72.1 Å². The van der Waals surface area contributed by atoms with Crippen LogP contribution in [0.2, 0.25) is 0 Å². The van der Waals surface area contributed by atoms with E-state index in [1.807, 2.05) is 17.1 Å². The van der Waals surface area contributed by atoms with Gasteiger partial charge in [-0.2, -0.15) is 8.42 Å². The number of ether oxygens (including phenoxy) is 5. The molecule has 3 saturated heterocycles. The van der Waals surface area contributed by atoms with E-state index >= 15 is 0 Å². The van der Waals surface area contributed by atoms with Gasteiger partial charge in [-0.15, -0.1) is 0 Å². The molecule has 1 aromatic rings. The van der Waals surface area contributed by atoms with Crippen LogP contribution in [-0.4, -0.2) is 188 Å². The summed E-state index contributed by atoms with van der Waals surface area (Å²) in [5, 5.41) is 53.4. The Hall–Kier alpha value is -4.94. The Kier molecular flexibility index (Phi) is 22.5. The fourth-order valence-corrected chi connectivity index (χ4v) is 9.09. The number of allylic oxidation sites excluding steroid dienone is 4. The highest BCUT2D eigenvalue weighted by Crippen LogP contribution is 2.37. The molecule has 0 aliphatic carbocycles. The molecule has 1 amide bonds. The van der Waals surface area contributed by atoms with Crippen LogP contribution in [0.4, 0.5) is 0 Å². The summed E-state index contributed by atoms with van der Waals surface area (Å²) < 4.78 is 68.0. The zero-order chi connectivity index (χ0) is 52.7. The number of aromatic amines is 1. The molecule has 0 spiro atoms. The van der Waals surface area contributed by atoms with Gasteiger partial charge in [-0.3, -0.25) is 43.0 Å². The zero-order valence-corrected chi connectivity index (χ0v) is 40.7. The molecule has 71 heavy (non-hydrogen) atoms. The zero-order valence-electron chi connectivity index (χ0n) is 39.9. The molecule has 0 aromatic carbocycles. The van der Waals surface area contributed by atoms with E-state index in [1.165, 1.54) is 7.05 Å². The molecule has 0 bridgehead atoms. The molecular weight excluding hydrogens is 967 g/mol. The van der Waals surface area contributed by atoms with Gasteiger partial charge in [0.2, 0.25) is 5.91 Å². The molecule has 14 atom stereocenters. The largest absolute Gasteiger partial charge is 0.481 e. The van der Waals surface area contributed by atoms with Gasteiger partial charge >= 0.3 is 40.0 Å². The number of carbonyl (C=O) groups excluding carboxylic acids is 3. The maximum atomic E-state index is 14.7. The Morgan fingerprint density at radius 3 is 2.21 bits per heavy atom. The van der Waals surface area contributed by atoms with Gasteiger partial charge in [0.15, 0.2) is 24.7 Å². The molecule has 0 saturated carbocycles. The number of carboxylic acid groups (broad SMARTS) is 2. The quantitative estimate of drug-likeness (QED) is 0.0226. The Labute approximate surface area is 409 Å². The van der Waals surface area contributed by atoms with Crippen molar-refractivity contribution in [3.63, 3.8) is 0 Å². The van der Waals surface area contributed by atoms with E-state index in [0.29, 0.717) is 28.7 Å². The average molecular weight is 1030 g/mol. The number of rotatable bonds is 27. The van der Waals surface area contributed by atoms with Crippen molar-refractivity contribution in [2.75, 3.05) is 27.2 Å². The number of aliphatic hydroxyl groups is 3. The number of aromatic nitrogens is 2. The van der Waals surface area contributed by atoms with Crippen LogP contribution in [0.5, 0.6) is 0 Å². The van der Waals surface area contributed by atoms with Gasteiger partial charge in [0.1, 0.15) is 54.9 Å². The van der Waals surface area contributed by atoms with Gasteiger partial charge in [0, 0.05) is 45.2 Å². The number of carboxylic acids is 2. The van der Waals surface area contributed by atoms with Crippen LogP contribution in [0.3, 0.4) is 0 Å². The lowest BCUT2D eigenvalue weighted by molar-refractivity contribution is -0.230. The first-order valence-corrected chi connectivity index (χ1v) is 24.6. The Morgan fingerprint density at radius 1 is 0.930 bits per heavy atom. The Balaban J connectivity index is 1.64. The first-order valence-electron chi connectivity index (χ1n) is 23.3. The summed E-state index contributed by atoms with van der Waals surface area (Å²) in [5.41, 5.74) is 3.78. The first kappa shape index (κ1) is 58.6. The van der Waals surface area contributed by atoms with Crippen LogP contribution in [0.1, 0.15) is 90.7 Å². The van der Waals surface area contributed by atoms with Gasteiger partial charge in [0.25, 0.3) is 5.56 Å². The lowest BCUT2D eigenvalue weighted by atomic mass is 9.97. The van der Waals surface area contributed by atoms with Gasteiger partial charge in [-0.1, -0.05) is 51.0 Å². The number of unbranched alkanes of at least 4 members (excludes halogenated alkanes) is 4. The molecule has 14 unspecified atom stereocenters. The number of carbonyl (C=O) groups is 5. The molecule has 3 aliphatic rings. The third-order valence-corrected chi connectivity index (χ3v) is 12.6. The predicted octanol–water partition coefficient (Wildman–Crippen LogP) is -1.03. The SMILES string of the molecule is CCCC/C=C/C/C=C/CCCCC(CC(=O)OC1CN(C)C(C(OC2OC(CN)C(O)C2OS(=O)(=O)O)C2OC(n3ccc(=O)[nH]c3=O)C(O)C2O)C(=O)N(C)C1C(=O)O)OC(=O)CC(C)CC(=O)O. The van der Waals surface area contributed by atoms with E-state index in [4.69, 9.17) is 29.4 Å². The van der Waals surface area contributed by atoms with Crippen molar-refractivity contribution in [3.8, 4) is 0 Å². The standard InChI is InChI=1S/C44H67N5O21S/c1-5-6-7-8-9-10-11-12-13-14-15-16-25(65-30(53)20-24(2)19-29(51)52)21-31(54)66-27-23-47(3)33(40(58)48(4)32(27)42(59)60)37(69-43-39(70-71(62,63)64)34(55)26(22-45)67-43)38-35(56)36(57)41(68-38)49-18-17-28(50)46-44(49)61/h8-9,11-12,17-18,24-27,32-39,41,43,55-57H,5-7,10,13-16,19-23,45H2,1-4H3,(H,51,52)(H,59,60)(H,46,50,61)(H,62,63,64)/b9-8+,12-11+. The summed E-state index contributed by atoms with van der Waals surface area (Å²) in [7, 11) is -3.08. The Morgan fingerprint density at radius 2 is 1.61 bits per heavy atom. The number of nitrogens with one attached hydrogen (secondary N) is 1. The molecule has 0 radical (unpaired) electrons. The number of hydrogen-bond acceptors (Lipinski definition) is 20. The van der Waals surface area contributed by atoms with Crippen LogP contribution in [-0.2, 0) is 62.2 Å². The minimum Gasteiger partial charge on any atom is -0.481 e. The van der Waals surface area contributed by atoms with Crippen molar-refractivity contribution in [3.05, 3.63) is 57.4 Å². The molecule has 4 rings (SSSR count). The van der Waals surface area contributed by atoms with E-state index in [1.54, 1.807) is 6.92 Å². The lowest BCUT2D eigenvalue weighted by Crippen LogP contribution is -2.60. The van der Waals surface area contributed by atoms with Gasteiger partial charge in [-0.05, 0) is 51.5 Å². The third kappa shape index (κ3) is 16.8. The fraction of sp³-hybridized carbons (Fsp3) is 0.705. The minimum atomic E-state index is -5.37. The summed E-state index contributed by atoms with van der Waals surface area (Å²) >= 11 is 0. The number of esters is 2. The van der Waals surface area contributed by atoms with Crippen LogP contribution < -0.4 is 17.0 Å². The normalized spacial score (nSPS) is 28.8. The monoisotopic (exact) mass is 1030 g/mol.